The van der Waals surface area contributed by atoms with Gasteiger partial charge in [-0.25, -0.2) is 18.6 Å². The second-order valence-corrected chi connectivity index (χ2v) is 3.86. The van der Waals surface area contributed by atoms with Crippen LogP contribution in [0.1, 0.15) is 22.6 Å². The summed E-state index contributed by atoms with van der Waals surface area (Å²) in [6.07, 6.45) is -2.88. The van der Waals surface area contributed by atoms with Crippen LogP contribution in [-0.2, 0) is 0 Å². The highest BCUT2D eigenvalue weighted by molar-refractivity contribution is 14.1. The maximum atomic E-state index is 12.3. The number of carbonyl (C=O) groups is 1. The third-order valence-electron chi connectivity index (χ3n) is 1.37. The van der Waals surface area contributed by atoms with Gasteiger partial charge in [0.2, 0.25) is 0 Å². The highest BCUT2D eigenvalue weighted by Crippen LogP contribution is 2.27. The van der Waals surface area contributed by atoms with E-state index < -0.39 is 23.8 Å². The Labute approximate surface area is 96.2 Å². The summed E-state index contributed by atoms with van der Waals surface area (Å²) < 4.78 is 24.7. The van der Waals surface area contributed by atoms with Gasteiger partial charge in [-0.1, -0.05) is 11.6 Å². The van der Waals surface area contributed by atoms with Crippen LogP contribution >= 0.6 is 34.2 Å². The summed E-state index contributed by atoms with van der Waals surface area (Å²) in [5.74, 6) is -1.35. The van der Waals surface area contributed by atoms with Crippen molar-refractivity contribution in [1.29, 1.82) is 0 Å². The first-order valence-electron chi connectivity index (χ1n) is 3.31. The van der Waals surface area contributed by atoms with Gasteiger partial charge in [0.15, 0.2) is 5.69 Å². The SMILES string of the molecule is O=C(O)c1nc(C(F)F)c(Cl)cc1I. The molecule has 1 rings (SSSR count). The summed E-state index contributed by atoms with van der Waals surface area (Å²) >= 11 is 7.13. The van der Waals surface area contributed by atoms with Crippen molar-refractivity contribution in [3.63, 3.8) is 0 Å². The van der Waals surface area contributed by atoms with Gasteiger partial charge in [0, 0.05) is 3.57 Å². The van der Waals surface area contributed by atoms with Gasteiger partial charge in [-0.2, -0.15) is 0 Å². The molecule has 3 nitrogen and oxygen atoms in total. The number of pyridine rings is 1. The van der Waals surface area contributed by atoms with E-state index in [1.807, 2.05) is 0 Å². The molecule has 7 heteroatoms. The number of alkyl halides is 2. The molecule has 0 atom stereocenters. The molecule has 0 saturated carbocycles. The number of hydrogen-bond donors (Lipinski definition) is 1. The summed E-state index contributed by atoms with van der Waals surface area (Å²) in [6, 6.07) is 1.15. The van der Waals surface area contributed by atoms with Crippen molar-refractivity contribution in [2.24, 2.45) is 0 Å². The second-order valence-electron chi connectivity index (χ2n) is 2.29. The van der Waals surface area contributed by atoms with Crippen molar-refractivity contribution in [3.8, 4) is 0 Å². The lowest BCUT2D eigenvalue weighted by atomic mass is 10.3. The van der Waals surface area contributed by atoms with Crippen molar-refractivity contribution in [1.82, 2.24) is 4.98 Å². The molecule has 0 aliphatic carbocycles. The Morgan fingerprint density at radius 1 is 1.64 bits per heavy atom. The van der Waals surface area contributed by atoms with E-state index in [0.717, 1.165) is 6.07 Å². The van der Waals surface area contributed by atoms with E-state index in [9.17, 15) is 13.6 Å². The Hall–Kier alpha value is -0.500. The van der Waals surface area contributed by atoms with Crippen molar-refractivity contribution >= 4 is 40.2 Å². The quantitative estimate of drug-likeness (QED) is 0.847. The summed E-state index contributed by atoms with van der Waals surface area (Å²) in [4.78, 5) is 13.8. The highest BCUT2D eigenvalue weighted by atomic mass is 127. The molecule has 0 saturated heterocycles. The summed E-state index contributed by atoms with van der Waals surface area (Å²) in [5, 5.41) is 8.38. The van der Waals surface area contributed by atoms with Gasteiger partial charge in [0.05, 0.1) is 5.02 Å². The Balaban J connectivity index is 3.34. The van der Waals surface area contributed by atoms with Crippen molar-refractivity contribution in [2.45, 2.75) is 6.43 Å². The zero-order valence-electron chi connectivity index (χ0n) is 6.47. The number of rotatable bonds is 2. The van der Waals surface area contributed by atoms with Crippen LogP contribution in [0.4, 0.5) is 8.78 Å². The number of aromatic carboxylic acids is 1. The van der Waals surface area contributed by atoms with E-state index in [4.69, 9.17) is 16.7 Å². The van der Waals surface area contributed by atoms with Gasteiger partial charge >= 0.3 is 5.97 Å². The lowest BCUT2D eigenvalue weighted by Crippen LogP contribution is -2.06. The number of halogens is 4. The van der Waals surface area contributed by atoms with Crippen molar-refractivity contribution in [2.75, 3.05) is 0 Å². The predicted octanol–water partition coefficient (Wildman–Crippen LogP) is 2.98. The van der Waals surface area contributed by atoms with Gasteiger partial charge in [-0.05, 0) is 28.7 Å². The topological polar surface area (TPSA) is 50.2 Å². The van der Waals surface area contributed by atoms with Crippen LogP contribution in [0.3, 0.4) is 0 Å². The fourth-order valence-electron chi connectivity index (χ4n) is 0.784. The van der Waals surface area contributed by atoms with Crippen LogP contribution in [-0.4, -0.2) is 16.1 Å². The van der Waals surface area contributed by atoms with Crippen molar-refractivity contribution in [3.05, 3.63) is 26.0 Å². The number of carboxylic acid groups (broad SMARTS) is 1. The number of hydrogen-bond acceptors (Lipinski definition) is 2. The van der Waals surface area contributed by atoms with Gasteiger partial charge < -0.3 is 5.11 Å². The van der Waals surface area contributed by atoms with E-state index in [-0.39, 0.29) is 8.59 Å². The smallest absolute Gasteiger partial charge is 0.355 e. The summed E-state index contributed by atoms with van der Waals surface area (Å²) in [7, 11) is 0. The van der Waals surface area contributed by atoms with Gasteiger partial charge in [-0.3, -0.25) is 0 Å². The van der Waals surface area contributed by atoms with Crippen LogP contribution in [0.5, 0.6) is 0 Å². The van der Waals surface area contributed by atoms with E-state index in [2.05, 4.69) is 4.98 Å². The van der Waals surface area contributed by atoms with Crippen molar-refractivity contribution < 1.29 is 18.7 Å². The van der Waals surface area contributed by atoms with Gasteiger partial charge in [-0.15, -0.1) is 0 Å². The van der Waals surface area contributed by atoms with Crippen LogP contribution in [0.15, 0.2) is 6.07 Å². The number of aromatic nitrogens is 1. The van der Waals surface area contributed by atoms with E-state index >= 15 is 0 Å². The first-order valence-corrected chi connectivity index (χ1v) is 4.76. The average Bonchev–Trinajstić information content (AvgIpc) is 2.02. The average molecular weight is 333 g/mol. The third-order valence-corrected chi connectivity index (χ3v) is 2.49. The Kier molecular flexibility index (Phi) is 3.59. The fourth-order valence-corrected chi connectivity index (χ4v) is 1.86. The summed E-state index contributed by atoms with van der Waals surface area (Å²) in [5.41, 5.74) is -1.12. The second kappa shape index (κ2) is 4.35. The Morgan fingerprint density at radius 3 is 2.64 bits per heavy atom. The highest BCUT2D eigenvalue weighted by Gasteiger charge is 2.19. The molecule has 0 fully saturated rings. The molecule has 0 unspecified atom stereocenters. The fraction of sp³-hybridized carbons (Fsp3) is 0.143. The molecular formula is C7H3ClF2INO2. The first-order chi connectivity index (χ1) is 6.43. The van der Waals surface area contributed by atoms with Gasteiger partial charge in [0.1, 0.15) is 5.69 Å². The molecule has 0 bridgehead atoms. The number of nitrogens with zero attached hydrogens (tertiary/aromatic N) is 1. The standard InChI is InChI=1S/C7H3ClF2INO2/c8-2-1-3(11)5(7(13)14)12-4(2)6(9)10/h1,6H,(H,13,14). The molecule has 0 amide bonds. The minimum atomic E-state index is -2.88. The minimum Gasteiger partial charge on any atom is -0.476 e. The molecular weight excluding hydrogens is 330 g/mol. The largest absolute Gasteiger partial charge is 0.476 e. The monoisotopic (exact) mass is 333 g/mol. The Bertz CT molecular complexity index is 386. The lowest BCUT2D eigenvalue weighted by Gasteiger charge is -2.04. The first kappa shape index (κ1) is 11.6. The zero-order chi connectivity index (χ0) is 10.9. The Morgan fingerprint density at radius 2 is 2.21 bits per heavy atom. The molecule has 0 aliphatic rings. The molecule has 0 radical (unpaired) electrons. The summed E-state index contributed by atoms with van der Waals surface area (Å²) in [6.45, 7) is 0. The number of carboxylic acids is 1. The molecule has 1 N–H and O–H groups in total. The van der Waals surface area contributed by atoms with E-state index in [0.29, 0.717) is 0 Å². The zero-order valence-corrected chi connectivity index (χ0v) is 9.38. The normalized spacial score (nSPS) is 10.6. The molecule has 1 aromatic heterocycles. The molecule has 1 aromatic rings. The van der Waals surface area contributed by atoms with Crippen LogP contribution < -0.4 is 0 Å². The molecule has 0 aromatic carbocycles. The molecule has 0 aliphatic heterocycles. The minimum absolute atomic E-state index is 0.226. The van der Waals surface area contributed by atoms with Crippen LogP contribution in [0.25, 0.3) is 0 Å². The third kappa shape index (κ3) is 2.30. The predicted molar refractivity (Wildman–Crippen MR) is 53.9 cm³/mol. The maximum Gasteiger partial charge on any atom is 0.355 e. The molecule has 14 heavy (non-hydrogen) atoms. The van der Waals surface area contributed by atoms with Crippen LogP contribution in [0.2, 0.25) is 5.02 Å². The molecule has 1 heterocycles. The molecule has 0 spiro atoms. The van der Waals surface area contributed by atoms with Gasteiger partial charge in [0.25, 0.3) is 6.43 Å². The van der Waals surface area contributed by atoms with Crippen LogP contribution in [0, 0.1) is 3.57 Å². The molecule has 76 valence electrons. The lowest BCUT2D eigenvalue weighted by molar-refractivity contribution is 0.0687. The van der Waals surface area contributed by atoms with E-state index in [1.54, 1.807) is 22.6 Å². The van der Waals surface area contributed by atoms with E-state index in [1.165, 1.54) is 0 Å². The maximum absolute atomic E-state index is 12.3.